The third-order valence-electron chi connectivity index (χ3n) is 6.49. The molecule has 0 N–H and O–H groups in total. The lowest BCUT2D eigenvalue weighted by Gasteiger charge is -2.27. The van der Waals surface area contributed by atoms with Crippen LogP contribution in [0.2, 0.25) is 0 Å². The van der Waals surface area contributed by atoms with Gasteiger partial charge in [0.25, 0.3) is 11.8 Å². The van der Waals surface area contributed by atoms with Gasteiger partial charge in [0.05, 0.1) is 18.5 Å². The molecular formula is C30H30N4O3. The first-order valence-electron chi connectivity index (χ1n) is 12.5. The molecule has 1 aromatic heterocycles. The largest absolute Gasteiger partial charge is 0.497 e. The number of para-hydroxylation sites is 1. The summed E-state index contributed by atoms with van der Waals surface area (Å²) < 4.78 is 7.06. The van der Waals surface area contributed by atoms with Crippen LogP contribution in [0.25, 0.3) is 23.0 Å². The Bertz CT molecular complexity index is 1390. The van der Waals surface area contributed by atoms with Crippen molar-refractivity contribution in [2.75, 3.05) is 13.7 Å². The Balaban J connectivity index is 1.82. The third-order valence-corrected chi connectivity index (χ3v) is 6.49. The predicted molar refractivity (Wildman–Crippen MR) is 143 cm³/mol. The second kappa shape index (κ2) is 11.5. The van der Waals surface area contributed by atoms with Crippen molar-refractivity contribution in [3.63, 3.8) is 0 Å². The third kappa shape index (κ3) is 5.39. The van der Waals surface area contributed by atoms with Crippen LogP contribution in [0.15, 0.2) is 77.5 Å². The Morgan fingerprint density at radius 3 is 2.38 bits per heavy atom. The zero-order valence-corrected chi connectivity index (χ0v) is 21.4. The van der Waals surface area contributed by atoms with E-state index in [-0.39, 0.29) is 11.5 Å². The number of methoxy groups -OCH3 is 1. The minimum atomic E-state index is -0.519. The standard InChI is InChI=1S/C30H30N4O3/c1-4-5-6-10-17-33-29(35)26(21(2)27(19-31)30(33)36)18-23-20-34(24-11-8-7-9-12-24)32-28(23)22-13-15-25(37-3)16-14-22/h7-9,11-16,18,20H,4-6,10,17H2,1-3H3/b26-18+. The zero-order valence-electron chi connectivity index (χ0n) is 21.4. The van der Waals surface area contributed by atoms with Crippen LogP contribution < -0.4 is 4.74 Å². The number of hydrogen-bond acceptors (Lipinski definition) is 5. The molecule has 0 radical (unpaired) electrons. The fourth-order valence-corrected chi connectivity index (χ4v) is 4.36. The van der Waals surface area contributed by atoms with Crippen LogP contribution in [-0.2, 0) is 9.59 Å². The molecule has 0 unspecified atom stereocenters. The van der Waals surface area contributed by atoms with E-state index in [9.17, 15) is 14.9 Å². The summed E-state index contributed by atoms with van der Waals surface area (Å²) in [5.41, 5.74) is 3.81. The summed E-state index contributed by atoms with van der Waals surface area (Å²) in [4.78, 5) is 27.7. The molecule has 4 rings (SSSR count). The summed E-state index contributed by atoms with van der Waals surface area (Å²) >= 11 is 0. The maximum Gasteiger partial charge on any atom is 0.271 e. The highest BCUT2D eigenvalue weighted by atomic mass is 16.5. The van der Waals surface area contributed by atoms with E-state index in [1.54, 1.807) is 24.8 Å². The van der Waals surface area contributed by atoms with Gasteiger partial charge < -0.3 is 4.74 Å². The van der Waals surface area contributed by atoms with Crippen LogP contribution in [0.4, 0.5) is 0 Å². The Morgan fingerprint density at radius 1 is 1.00 bits per heavy atom. The van der Waals surface area contributed by atoms with E-state index in [2.05, 4.69) is 6.92 Å². The Kier molecular flexibility index (Phi) is 7.99. The second-order valence-electron chi connectivity index (χ2n) is 8.93. The van der Waals surface area contributed by atoms with Crippen molar-refractivity contribution in [1.82, 2.24) is 14.7 Å². The number of imide groups is 1. The molecule has 0 saturated carbocycles. The molecule has 0 bridgehead atoms. The second-order valence-corrected chi connectivity index (χ2v) is 8.93. The van der Waals surface area contributed by atoms with Gasteiger partial charge in [0.2, 0.25) is 0 Å². The van der Waals surface area contributed by atoms with Crippen molar-refractivity contribution in [1.29, 1.82) is 5.26 Å². The number of carbonyl (C=O) groups excluding carboxylic acids is 2. The maximum atomic E-state index is 13.5. The molecule has 1 aliphatic rings. The maximum absolute atomic E-state index is 13.5. The quantitative estimate of drug-likeness (QED) is 0.216. The van der Waals surface area contributed by atoms with E-state index in [0.717, 1.165) is 36.3 Å². The normalized spacial score (nSPS) is 14.9. The number of carbonyl (C=O) groups is 2. The first-order valence-corrected chi connectivity index (χ1v) is 12.5. The molecule has 7 nitrogen and oxygen atoms in total. The highest BCUT2D eigenvalue weighted by molar-refractivity contribution is 6.19. The Hall–Kier alpha value is -4.44. The number of benzene rings is 2. The number of rotatable bonds is 9. The number of unbranched alkanes of at least 4 members (excludes halogenated alkanes) is 3. The number of nitriles is 1. The summed E-state index contributed by atoms with van der Waals surface area (Å²) in [5.74, 6) is -0.177. The first-order chi connectivity index (χ1) is 18.0. The van der Waals surface area contributed by atoms with Gasteiger partial charge in [-0.1, -0.05) is 44.4 Å². The summed E-state index contributed by atoms with van der Waals surface area (Å²) in [5, 5.41) is 14.6. The fourth-order valence-electron chi connectivity index (χ4n) is 4.36. The van der Waals surface area contributed by atoms with Crippen LogP contribution in [0.3, 0.4) is 0 Å². The average Bonchev–Trinajstić information content (AvgIpc) is 3.35. The van der Waals surface area contributed by atoms with Gasteiger partial charge in [0.15, 0.2) is 0 Å². The molecule has 0 saturated heterocycles. The van der Waals surface area contributed by atoms with Crippen molar-refractivity contribution in [3.05, 3.63) is 83.1 Å². The summed E-state index contributed by atoms with van der Waals surface area (Å²) in [7, 11) is 1.61. The summed E-state index contributed by atoms with van der Waals surface area (Å²) in [6, 6.07) is 19.2. The number of ether oxygens (including phenoxy) is 1. The molecule has 0 fully saturated rings. The smallest absolute Gasteiger partial charge is 0.271 e. The topological polar surface area (TPSA) is 88.2 Å². The predicted octanol–water partition coefficient (Wildman–Crippen LogP) is 5.72. The van der Waals surface area contributed by atoms with Gasteiger partial charge in [0, 0.05) is 29.4 Å². The Morgan fingerprint density at radius 2 is 1.73 bits per heavy atom. The van der Waals surface area contributed by atoms with Gasteiger partial charge in [-0.3, -0.25) is 14.5 Å². The number of aromatic nitrogens is 2. The van der Waals surface area contributed by atoms with E-state index in [1.807, 2.05) is 66.9 Å². The van der Waals surface area contributed by atoms with Crippen molar-refractivity contribution >= 4 is 17.9 Å². The molecule has 7 heteroatoms. The first kappa shape index (κ1) is 25.6. The molecule has 0 spiro atoms. The van der Waals surface area contributed by atoms with Gasteiger partial charge in [-0.2, -0.15) is 10.4 Å². The molecule has 0 atom stereocenters. The van der Waals surface area contributed by atoms with Crippen molar-refractivity contribution in [3.8, 4) is 28.8 Å². The lowest BCUT2D eigenvalue weighted by molar-refractivity contribution is -0.140. The minimum Gasteiger partial charge on any atom is -0.497 e. The highest BCUT2D eigenvalue weighted by Crippen LogP contribution is 2.32. The Labute approximate surface area is 217 Å². The van der Waals surface area contributed by atoms with Crippen molar-refractivity contribution < 1.29 is 14.3 Å². The van der Waals surface area contributed by atoms with Crippen LogP contribution in [-0.4, -0.2) is 40.1 Å². The number of hydrogen-bond donors (Lipinski definition) is 0. The van der Waals surface area contributed by atoms with Crippen molar-refractivity contribution in [2.24, 2.45) is 0 Å². The molecule has 188 valence electrons. The van der Waals surface area contributed by atoms with Gasteiger partial charge in [-0.15, -0.1) is 0 Å². The molecule has 2 heterocycles. The van der Waals surface area contributed by atoms with Crippen LogP contribution in [0, 0.1) is 11.3 Å². The highest BCUT2D eigenvalue weighted by Gasteiger charge is 2.35. The van der Waals surface area contributed by atoms with E-state index in [0.29, 0.717) is 35.4 Å². The molecule has 1 aliphatic heterocycles. The number of amides is 2. The molecule has 3 aromatic rings. The number of nitrogens with zero attached hydrogens (tertiary/aromatic N) is 4. The van der Waals surface area contributed by atoms with Gasteiger partial charge in [0.1, 0.15) is 17.4 Å². The van der Waals surface area contributed by atoms with Gasteiger partial charge in [-0.05, 0) is 61.4 Å². The van der Waals surface area contributed by atoms with Crippen LogP contribution in [0.5, 0.6) is 5.75 Å². The minimum absolute atomic E-state index is 0.00258. The monoisotopic (exact) mass is 494 g/mol. The van der Waals surface area contributed by atoms with Crippen molar-refractivity contribution in [2.45, 2.75) is 39.5 Å². The van der Waals surface area contributed by atoms with Gasteiger partial charge >= 0.3 is 0 Å². The lowest BCUT2D eigenvalue weighted by Crippen LogP contribution is -2.43. The molecular weight excluding hydrogens is 464 g/mol. The zero-order chi connectivity index (χ0) is 26.4. The molecule has 2 aromatic carbocycles. The average molecular weight is 495 g/mol. The van der Waals surface area contributed by atoms with E-state index in [4.69, 9.17) is 9.84 Å². The SMILES string of the molecule is CCCCCCN1C(=O)C(C#N)=C(C)/C(=C\c2cn(-c3ccccc3)nc2-c2ccc(OC)cc2)C1=O. The summed E-state index contributed by atoms with van der Waals surface area (Å²) in [6.07, 6.45) is 7.31. The van der Waals surface area contributed by atoms with Gasteiger partial charge in [-0.25, -0.2) is 4.68 Å². The van der Waals surface area contributed by atoms with E-state index in [1.165, 1.54) is 4.90 Å². The van der Waals surface area contributed by atoms with Crippen LogP contribution in [0.1, 0.15) is 45.1 Å². The van der Waals surface area contributed by atoms with E-state index < -0.39 is 5.91 Å². The molecule has 37 heavy (non-hydrogen) atoms. The lowest BCUT2D eigenvalue weighted by atomic mass is 9.93. The molecule has 0 aliphatic carbocycles. The fraction of sp³-hybridized carbons (Fsp3) is 0.267. The molecule has 2 amide bonds. The van der Waals surface area contributed by atoms with E-state index >= 15 is 0 Å². The van der Waals surface area contributed by atoms with Crippen LogP contribution >= 0.6 is 0 Å². The summed E-state index contributed by atoms with van der Waals surface area (Å²) in [6.45, 7) is 4.05.